The lowest BCUT2D eigenvalue weighted by Crippen LogP contribution is -2.01. The van der Waals surface area contributed by atoms with Gasteiger partial charge < -0.3 is 0 Å². The molecule has 4 aromatic rings. The zero-order valence-electron chi connectivity index (χ0n) is 12.6. The highest BCUT2D eigenvalue weighted by molar-refractivity contribution is 7.13. The number of nitrogens with one attached hydrogen (secondary N) is 1. The Bertz CT molecular complexity index is 938. The van der Waals surface area contributed by atoms with Crippen LogP contribution in [0.5, 0.6) is 0 Å². The summed E-state index contributed by atoms with van der Waals surface area (Å²) >= 11 is 1.56. The summed E-state index contributed by atoms with van der Waals surface area (Å²) in [6.45, 7) is 4.08. The molecular weight excluding hydrogens is 310 g/mol. The lowest BCUT2D eigenvalue weighted by Gasteiger charge is -2.04. The average Bonchev–Trinajstić information content (AvgIpc) is 3.29. The van der Waals surface area contributed by atoms with Crippen molar-refractivity contribution in [3.8, 4) is 27.9 Å². The van der Waals surface area contributed by atoms with Gasteiger partial charge in [-0.2, -0.15) is 10.1 Å². The van der Waals surface area contributed by atoms with Crippen molar-refractivity contribution in [3.63, 3.8) is 0 Å². The summed E-state index contributed by atoms with van der Waals surface area (Å²) in [5.41, 5.74) is 4.92. The van der Waals surface area contributed by atoms with Crippen LogP contribution in [-0.2, 0) is 0 Å². The van der Waals surface area contributed by atoms with Crippen molar-refractivity contribution in [2.24, 2.45) is 0 Å². The highest BCUT2D eigenvalue weighted by Crippen LogP contribution is 2.31. The third-order valence-electron chi connectivity index (χ3n) is 3.61. The van der Waals surface area contributed by atoms with Crippen LogP contribution in [0.1, 0.15) is 11.4 Å². The normalized spacial score (nSPS) is 11.0. The van der Waals surface area contributed by atoms with E-state index in [4.69, 9.17) is 4.98 Å². The van der Waals surface area contributed by atoms with Gasteiger partial charge in [-0.3, -0.25) is 14.5 Å². The van der Waals surface area contributed by atoms with Crippen LogP contribution < -0.4 is 0 Å². The number of H-pyrrole nitrogens is 1. The van der Waals surface area contributed by atoms with E-state index in [1.54, 1.807) is 29.9 Å². The average molecular weight is 323 g/mol. The molecule has 0 saturated carbocycles. The minimum atomic E-state index is 0.704. The zero-order valence-corrected chi connectivity index (χ0v) is 13.4. The maximum Gasteiger partial charge on any atom is 0.229 e. The molecule has 8 heteroatoms. The Balaban J connectivity index is 1.78. The van der Waals surface area contributed by atoms with E-state index in [0.717, 1.165) is 33.3 Å². The standard InChI is InChI=1S/C15H13N7S/c1-9-5-11(10(2)22(9)15-18-8-19-21-15)13-7-23-14(20-13)12-6-16-3-4-17-12/h3-8H,1-2H3,(H,18,19,21). The topological polar surface area (TPSA) is 85.2 Å². The molecule has 0 unspecified atom stereocenters. The van der Waals surface area contributed by atoms with Crippen molar-refractivity contribution in [3.05, 3.63) is 47.8 Å². The van der Waals surface area contributed by atoms with Gasteiger partial charge in [0.2, 0.25) is 5.95 Å². The molecule has 0 atom stereocenters. The maximum atomic E-state index is 4.70. The van der Waals surface area contributed by atoms with Crippen molar-refractivity contribution >= 4 is 11.3 Å². The monoisotopic (exact) mass is 323 g/mol. The number of nitrogens with zero attached hydrogens (tertiary/aromatic N) is 6. The first-order valence-corrected chi connectivity index (χ1v) is 7.89. The van der Waals surface area contributed by atoms with E-state index in [9.17, 15) is 0 Å². The molecule has 0 saturated heterocycles. The number of aryl methyl sites for hydroxylation is 1. The van der Waals surface area contributed by atoms with Gasteiger partial charge in [-0.15, -0.1) is 11.3 Å². The second kappa shape index (κ2) is 5.40. The van der Waals surface area contributed by atoms with Crippen molar-refractivity contribution in [1.29, 1.82) is 0 Å². The van der Waals surface area contributed by atoms with Gasteiger partial charge in [0.25, 0.3) is 0 Å². The van der Waals surface area contributed by atoms with E-state index >= 15 is 0 Å². The smallest absolute Gasteiger partial charge is 0.229 e. The van der Waals surface area contributed by atoms with Crippen LogP contribution in [0.3, 0.4) is 0 Å². The first kappa shape index (κ1) is 13.8. The number of aromatic nitrogens is 7. The van der Waals surface area contributed by atoms with Gasteiger partial charge in [0.05, 0.1) is 11.9 Å². The van der Waals surface area contributed by atoms with Gasteiger partial charge in [0.15, 0.2) is 0 Å². The highest BCUT2D eigenvalue weighted by Gasteiger charge is 2.16. The Labute approximate surface area is 136 Å². The van der Waals surface area contributed by atoms with Crippen LogP contribution in [0.4, 0.5) is 0 Å². The van der Waals surface area contributed by atoms with Crippen LogP contribution in [0.25, 0.3) is 27.9 Å². The van der Waals surface area contributed by atoms with Crippen molar-refractivity contribution in [1.82, 2.24) is 34.7 Å². The molecule has 4 rings (SSSR count). The van der Waals surface area contributed by atoms with E-state index in [0.29, 0.717) is 5.95 Å². The molecule has 0 spiro atoms. The summed E-state index contributed by atoms with van der Waals surface area (Å²) < 4.78 is 2.03. The van der Waals surface area contributed by atoms with Crippen LogP contribution in [0.15, 0.2) is 36.4 Å². The van der Waals surface area contributed by atoms with Gasteiger partial charge in [-0.05, 0) is 19.9 Å². The number of hydrogen-bond donors (Lipinski definition) is 1. The fourth-order valence-corrected chi connectivity index (χ4v) is 3.36. The van der Waals surface area contributed by atoms with E-state index in [2.05, 4.69) is 31.2 Å². The van der Waals surface area contributed by atoms with Gasteiger partial charge in [0.1, 0.15) is 17.0 Å². The minimum Gasteiger partial charge on any atom is -0.287 e. The Hall–Kier alpha value is -2.87. The van der Waals surface area contributed by atoms with Crippen molar-refractivity contribution < 1.29 is 0 Å². The largest absolute Gasteiger partial charge is 0.287 e. The van der Waals surface area contributed by atoms with Crippen LogP contribution in [0.2, 0.25) is 0 Å². The SMILES string of the molecule is Cc1cc(-c2csc(-c3cnccn3)n2)c(C)n1-c1ncn[nH]1. The number of hydrogen-bond acceptors (Lipinski definition) is 6. The van der Waals surface area contributed by atoms with Gasteiger partial charge in [-0.25, -0.2) is 10.1 Å². The summed E-state index contributed by atoms with van der Waals surface area (Å²) in [6, 6.07) is 2.10. The summed E-state index contributed by atoms with van der Waals surface area (Å²) in [5.74, 6) is 0.704. The lowest BCUT2D eigenvalue weighted by molar-refractivity contribution is 0.879. The second-order valence-corrected chi connectivity index (χ2v) is 5.92. The molecule has 0 aromatic carbocycles. The molecule has 0 aliphatic rings. The molecule has 0 bridgehead atoms. The van der Waals surface area contributed by atoms with Crippen LogP contribution in [0, 0.1) is 13.8 Å². The Morgan fingerprint density at radius 2 is 2.04 bits per heavy atom. The summed E-state index contributed by atoms with van der Waals surface area (Å²) in [7, 11) is 0. The molecule has 7 nitrogen and oxygen atoms in total. The Kier molecular flexibility index (Phi) is 3.23. The molecule has 0 aliphatic carbocycles. The predicted molar refractivity (Wildman–Crippen MR) is 87.3 cm³/mol. The van der Waals surface area contributed by atoms with Crippen LogP contribution >= 0.6 is 11.3 Å². The van der Waals surface area contributed by atoms with Gasteiger partial charge in [0, 0.05) is 34.7 Å². The number of aromatic amines is 1. The van der Waals surface area contributed by atoms with Crippen LogP contribution in [-0.4, -0.2) is 34.7 Å². The van der Waals surface area contributed by atoms with E-state index in [1.807, 2.05) is 23.8 Å². The molecular formula is C15H13N7S. The van der Waals surface area contributed by atoms with E-state index < -0.39 is 0 Å². The molecule has 23 heavy (non-hydrogen) atoms. The third kappa shape index (κ3) is 2.33. The molecule has 0 radical (unpaired) electrons. The summed E-state index contributed by atoms with van der Waals surface area (Å²) in [6.07, 6.45) is 6.55. The molecule has 114 valence electrons. The molecule has 1 N–H and O–H groups in total. The first-order valence-electron chi connectivity index (χ1n) is 7.01. The Morgan fingerprint density at radius 3 is 2.78 bits per heavy atom. The fraction of sp³-hybridized carbons (Fsp3) is 0.133. The first-order chi connectivity index (χ1) is 11.2. The molecule has 0 fully saturated rings. The van der Waals surface area contributed by atoms with Crippen molar-refractivity contribution in [2.75, 3.05) is 0 Å². The van der Waals surface area contributed by atoms with Gasteiger partial charge >= 0.3 is 0 Å². The van der Waals surface area contributed by atoms with E-state index in [1.165, 1.54) is 6.33 Å². The number of thiazole rings is 1. The zero-order chi connectivity index (χ0) is 15.8. The third-order valence-corrected chi connectivity index (χ3v) is 4.47. The fourth-order valence-electron chi connectivity index (χ4n) is 2.58. The van der Waals surface area contributed by atoms with Gasteiger partial charge in [-0.1, -0.05) is 0 Å². The molecule has 4 heterocycles. The number of rotatable bonds is 3. The van der Waals surface area contributed by atoms with E-state index in [-0.39, 0.29) is 0 Å². The Morgan fingerprint density at radius 1 is 1.13 bits per heavy atom. The second-order valence-electron chi connectivity index (χ2n) is 5.06. The molecule has 0 aliphatic heterocycles. The molecule has 4 aromatic heterocycles. The maximum absolute atomic E-state index is 4.70. The molecule has 0 amide bonds. The minimum absolute atomic E-state index is 0.704. The summed E-state index contributed by atoms with van der Waals surface area (Å²) in [4.78, 5) is 17.3. The summed E-state index contributed by atoms with van der Waals surface area (Å²) in [5, 5.41) is 9.71. The van der Waals surface area contributed by atoms with Crippen molar-refractivity contribution in [2.45, 2.75) is 13.8 Å². The lowest BCUT2D eigenvalue weighted by atomic mass is 10.2. The quantitative estimate of drug-likeness (QED) is 0.626. The highest BCUT2D eigenvalue weighted by atomic mass is 32.1. The predicted octanol–water partition coefficient (Wildman–Crippen LogP) is 2.79.